The largest absolute Gasteiger partial charge is 0.494 e. The zero-order valence-corrected chi connectivity index (χ0v) is 12.3. The summed E-state index contributed by atoms with van der Waals surface area (Å²) in [6, 6.07) is 12.9. The molecule has 1 unspecified atom stereocenters. The minimum atomic E-state index is -0.547. The van der Waals surface area contributed by atoms with Gasteiger partial charge in [0.2, 0.25) is 0 Å². The third kappa shape index (κ3) is 2.98. The van der Waals surface area contributed by atoms with Crippen molar-refractivity contribution in [3.05, 3.63) is 48.0 Å². The van der Waals surface area contributed by atoms with E-state index in [1.165, 1.54) is 0 Å². The van der Waals surface area contributed by atoms with Gasteiger partial charge in [-0.05, 0) is 42.8 Å². The van der Waals surface area contributed by atoms with Gasteiger partial charge in [-0.3, -0.25) is 4.79 Å². The quantitative estimate of drug-likeness (QED) is 0.851. The van der Waals surface area contributed by atoms with Crippen LogP contribution >= 0.6 is 0 Å². The number of amides is 1. The highest BCUT2D eigenvalue weighted by molar-refractivity contribution is 5.98. The number of carbonyl (C=O) groups excluding carboxylic acids is 1. The first kappa shape index (κ1) is 14.3. The average Bonchev–Trinajstić information content (AvgIpc) is 2.50. The van der Waals surface area contributed by atoms with E-state index < -0.39 is 6.10 Å². The van der Waals surface area contributed by atoms with Crippen LogP contribution in [0.4, 0.5) is 11.4 Å². The zero-order valence-electron chi connectivity index (χ0n) is 12.3. The highest BCUT2D eigenvalue weighted by atomic mass is 16.5. The van der Waals surface area contributed by atoms with Crippen LogP contribution in [0, 0.1) is 0 Å². The molecule has 114 valence electrons. The van der Waals surface area contributed by atoms with Crippen LogP contribution in [0.15, 0.2) is 42.5 Å². The van der Waals surface area contributed by atoms with Gasteiger partial charge in [-0.15, -0.1) is 0 Å². The van der Waals surface area contributed by atoms with Crippen LogP contribution in [0.5, 0.6) is 11.5 Å². The zero-order chi connectivity index (χ0) is 15.5. The number of ether oxygens (including phenoxy) is 2. The lowest BCUT2D eigenvalue weighted by Gasteiger charge is -2.26. The molecule has 0 aliphatic carbocycles. The molecular weight excluding hydrogens is 280 g/mol. The summed E-state index contributed by atoms with van der Waals surface area (Å²) in [6.07, 6.45) is -0.0451. The van der Waals surface area contributed by atoms with Gasteiger partial charge in [0.05, 0.1) is 12.3 Å². The first-order chi connectivity index (χ1) is 10.7. The van der Waals surface area contributed by atoms with Crippen LogP contribution in [0.3, 0.4) is 0 Å². The van der Waals surface area contributed by atoms with Crippen molar-refractivity contribution in [2.24, 2.45) is 0 Å². The Kier molecular flexibility index (Phi) is 3.87. The molecule has 5 nitrogen and oxygen atoms in total. The van der Waals surface area contributed by atoms with Gasteiger partial charge in [0.15, 0.2) is 6.10 Å². The molecule has 2 aromatic carbocycles. The van der Waals surface area contributed by atoms with Crippen molar-refractivity contribution in [2.75, 3.05) is 17.7 Å². The number of anilines is 2. The molecule has 1 atom stereocenters. The molecule has 1 amide bonds. The molecule has 5 heteroatoms. The third-order valence-corrected chi connectivity index (χ3v) is 3.48. The van der Waals surface area contributed by atoms with Crippen molar-refractivity contribution < 1.29 is 14.3 Å². The third-order valence-electron chi connectivity index (χ3n) is 3.48. The lowest BCUT2D eigenvalue weighted by molar-refractivity contribution is -0.123. The van der Waals surface area contributed by atoms with Gasteiger partial charge in [-0.2, -0.15) is 0 Å². The van der Waals surface area contributed by atoms with Crippen LogP contribution in [0.1, 0.15) is 12.5 Å². The molecule has 0 spiro atoms. The molecule has 1 aliphatic heterocycles. The van der Waals surface area contributed by atoms with Gasteiger partial charge in [-0.1, -0.05) is 12.1 Å². The first-order valence-corrected chi connectivity index (χ1v) is 7.24. The summed E-state index contributed by atoms with van der Waals surface area (Å²) in [4.78, 5) is 12.1. The molecule has 0 bridgehead atoms. The SMILES string of the molecule is CCOc1ccc(CC2Oc3ccc(N)cc3NC2=O)cc1. The summed E-state index contributed by atoms with van der Waals surface area (Å²) in [5.41, 5.74) is 7.93. The van der Waals surface area contributed by atoms with E-state index in [0.29, 0.717) is 30.2 Å². The minimum absolute atomic E-state index is 0.160. The average molecular weight is 298 g/mol. The molecule has 0 radical (unpaired) electrons. The second kappa shape index (κ2) is 5.97. The van der Waals surface area contributed by atoms with E-state index in [1.54, 1.807) is 18.2 Å². The maximum atomic E-state index is 12.1. The van der Waals surface area contributed by atoms with Gasteiger partial charge in [0, 0.05) is 12.1 Å². The summed E-state index contributed by atoms with van der Waals surface area (Å²) >= 11 is 0. The normalized spacial score (nSPS) is 16.4. The molecule has 0 fully saturated rings. The summed E-state index contributed by atoms with van der Waals surface area (Å²) in [5, 5.41) is 2.83. The Hall–Kier alpha value is -2.69. The monoisotopic (exact) mass is 298 g/mol. The number of benzene rings is 2. The lowest BCUT2D eigenvalue weighted by atomic mass is 10.1. The number of hydrogen-bond donors (Lipinski definition) is 2. The highest BCUT2D eigenvalue weighted by Gasteiger charge is 2.27. The maximum Gasteiger partial charge on any atom is 0.265 e. The van der Waals surface area contributed by atoms with Gasteiger partial charge in [-0.25, -0.2) is 0 Å². The highest BCUT2D eigenvalue weighted by Crippen LogP contribution is 2.32. The molecule has 22 heavy (non-hydrogen) atoms. The summed E-state index contributed by atoms with van der Waals surface area (Å²) in [6.45, 7) is 2.58. The van der Waals surface area contributed by atoms with E-state index in [2.05, 4.69) is 5.32 Å². The van der Waals surface area contributed by atoms with E-state index in [-0.39, 0.29) is 5.91 Å². The number of hydrogen-bond acceptors (Lipinski definition) is 4. The first-order valence-electron chi connectivity index (χ1n) is 7.24. The van der Waals surface area contributed by atoms with Crippen LogP contribution in [0.25, 0.3) is 0 Å². The molecule has 2 aromatic rings. The van der Waals surface area contributed by atoms with Crippen LogP contribution < -0.4 is 20.5 Å². The number of carbonyl (C=O) groups is 1. The van der Waals surface area contributed by atoms with Crippen molar-refractivity contribution >= 4 is 17.3 Å². The fourth-order valence-electron chi connectivity index (χ4n) is 2.40. The fraction of sp³-hybridized carbons (Fsp3) is 0.235. The Bertz CT molecular complexity index is 683. The van der Waals surface area contributed by atoms with E-state index in [1.807, 2.05) is 31.2 Å². The van der Waals surface area contributed by atoms with Crippen LogP contribution in [-0.2, 0) is 11.2 Å². The summed E-state index contributed by atoms with van der Waals surface area (Å²) in [7, 11) is 0. The molecule has 0 saturated heterocycles. The molecule has 1 aliphatic rings. The van der Waals surface area contributed by atoms with Gasteiger partial charge < -0.3 is 20.5 Å². The molecular formula is C17H18N2O3. The van der Waals surface area contributed by atoms with E-state index in [4.69, 9.17) is 15.2 Å². The second-order valence-corrected chi connectivity index (χ2v) is 5.13. The predicted molar refractivity (Wildman–Crippen MR) is 85.2 cm³/mol. The Labute approximate surface area is 129 Å². The van der Waals surface area contributed by atoms with E-state index >= 15 is 0 Å². The van der Waals surface area contributed by atoms with Crippen molar-refractivity contribution in [3.8, 4) is 11.5 Å². The molecule has 3 rings (SSSR count). The molecule has 0 aromatic heterocycles. The number of nitrogens with one attached hydrogen (secondary N) is 1. The maximum absolute atomic E-state index is 12.1. The minimum Gasteiger partial charge on any atom is -0.494 e. The number of nitrogens with two attached hydrogens (primary N) is 1. The number of rotatable bonds is 4. The van der Waals surface area contributed by atoms with Crippen molar-refractivity contribution in [1.29, 1.82) is 0 Å². The fourth-order valence-corrected chi connectivity index (χ4v) is 2.40. The molecule has 0 saturated carbocycles. The summed E-state index contributed by atoms with van der Waals surface area (Å²) in [5.74, 6) is 1.30. The Morgan fingerprint density at radius 2 is 2.00 bits per heavy atom. The topological polar surface area (TPSA) is 73.6 Å². The van der Waals surface area contributed by atoms with E-state index in [0.717, 1.165) is 11.3 Å². The summed E-state index contributed by atoms with van der Waals surface area (Å²) < 4.78 is 11.2. The van der Waals surface area contributed by atoms with E-state index in [9.17, 15) is 4.79 Å². The predicted octanol–water partition coefficient (Wildman–Crippen LogP) is 2.61. The molecule has 3 N–H and O–H groups in total. The Morgan fingerprint density at radius 1 is 1.23 bits per heavy atom. The Morgan fingerprint density at radius 3 is 2.73 bits per heavy atom. The standard InChI is InChI=1S/C17H18N2O3/c1-2-21-13-6-3-11(4-7-13)9-16-17(20)19-14-10-12(18)5-8-15(14)22-16/h3-8,10,16H,2,9,18H2,1H3,(H,19,20). The van der Waals surface area contributed by atoms with Gasteiger partial charge >= 0.3 is 0 Å². The lowest BCUT2D eigenvalue weighted by Crippen LogP contribution is -2.38. The Balaban J connectivity index is 1.73. The second-order valence-electron chi connectivity index (χ2n) is 5.13. The smallest absolute Gasteiger partial charge is 0.265 e. The van der Waals surface area contributed by atoms with Crippen molar-refractivity contribution in [2.45, 2.75) is 19.4 Å². The van der Waals surface area contributed by atoms with Crippen molar-refractivity contribution in [3.63, 3.8) is 0 Å². The van der Waals surface area contributed by atoms with Crippen LogP contribution in [0.2, 0.25) is 0 Å². The molecule has 1 heterocycles. The van der Waals surface area contributed by atoms with Crippen LogP contribution in [-0.4, -0.2) is 18.6 Å². The van der Waals surface area contributed by atoms with Crippen molar-refractivity contribution in [1.82, 2.24) is 0 Å². The number of nitrogen functional groups attached to an aromatic ring is 1. The number of fused-ring (bicyclic) bond motifs is 1. The van der Waals surface area contributed by atoms with Gasteiger partial charge in [0.25, 0.3) is 5.91 Å². The van der Waals surface area contributed by atoms with Gasteiger partial charge in [0.1, 0.15) is 11.5 Å².